The second kappa shape index (κ2) is 9.03. The molecule has 2 unspecified atom stereocenters. The molecule has 1 heterocycles. The number of hydrogen-bond acceptors (Lipinski definition) is 5. The average molecular weight is 270 g/mol. The first-order valence-corrected chi connectivity index (χ1v) is 6.78. The van der Waals surface area contributed by atoms with Crippen molar-refractivity contribution in [2.45, 2.75) is 38.8 Å². The lowest BCUT2D eigenvalue weighted by Gasteiger charge is -2.15. The van der Waals surface area contributed by atoms with E-state index in [9.17, 15) is 0 Å². The van der Waals surface area contributed by atoms with Crippen molar-refractivity contribution >= 4 is 0 Å². The van der Waals surface area contributed by atoms with Crippen molar-refractivity contribution in [1.29, 1.82) is 0 Å². The van der Waals surface area contributed by atoms with Crippen LogP contribution in [0.2, 0.25) is 0 Å². The summed E-state index contributed by atoms with van der Waals surface area (Å²) in [6, 6.07) is 2.53. The first kappa shape index (κ1) is 16.1. The van der Waals surface area contributed by atoms with Gasteiger partial charge in [-0.3, -0.25) is 16.0 Å². The Kier molecular flexibility index (Phi) is 7.66. The molecule has 19 heavy (non-hydrogen) atoms. The van der Waals surface area contributed by atoms with Crippen molar-refractivity contribution in [2.24, 2.45) is 5.84 Å². The number of aromatic nitrogens is 2. The third-order valence-electron chi connectivity index (χ3n) is 3.15. The highest BCUT2D eigenvalue weighted by Gasteiger charge is 2.11. The summed E-state index contributed by atoms with van der Waals surface area (Å²) in [5, 5.41) is 4.55. The van der Waals surface area contributed by atoms with E-state index in [2.05, 4.69) is 24.4 Å². The zero-order valence-corrected chi connectivity index (χ0v) is 12.1. The van der Waals surface area contributed by atoms with Crippen LogP contribution in [0.4, 0.5) is 0 Å². The highest BCUT2D eigenvalue weighted by Crippen LogP contribution is 2.10. The van der Waals surface area contributed by atoms with Gasteiger partial charge in [0.25, 0.3) is 0 Å². The molecule has 6 nitrogen and oxygen atoms in total. The Morgan fingerprint density at radius 1 is 1.47 bits per heavy atom. The van der Waals surface area contributed by atoms with E-state index in [0.717, 1.165) is 18.5 Å². The fourth-order valence-corrected chi connectivity index (χ4v) is 1.71. The van der Waals surface area contributed by atoms with Gasteiger partial charge in [0.05, 0.1) is 31.6 Å². The summed E-state index contributed by atoms with van der Waals surface area (Å²) in [6.07, 6.45) is 3.84. The molecule has 0 fully saturated rings. The molecule has 1 rings (SSSR count). The van der Waals surface area contributed by atoms with Gasteiger partial charge in [0.1, 0.15) is 0 Å². The molecule has 0 saturated carbocycles. The number of rotatable bonds is 10. The van der Waals surface area contributed by atoms with E-state index >= 15 is 0 Å². The molecule has 0 bridgehead atoms. The molecular weight excluding hydrogens is 244 g/mol. The zero-order chi connectivity index (χ0) is 14.1. The van der Waals surface area contributed by atoms with Crippen LogP contribution in [0.1, 0.15) is 32.0 Å². The molecule has 0 amide bonds. The fourth-order valence-electron chi connectivity index (χ4n) is 1.71. The Morgan fingerprint density at radius 3 is 2.89 bits per heavy atom. The van der Waals surface area contributed by atoms with Crippen LogP contribution in [0.3, 0.4) is 0 Å². The quantitative estimate of drug-likeness (QED) is 0.375. The molecule has 0 aromatic carbocycles. The van der Waals surface area contributed by atoms with Gasteiger partial charge < -0.3 is 9.47 Å². The third kappa shape index (κ3) is 5.69. The van der Waals surface area contributed by atoms with Crippen LogP contribution >= 0.6 is 0 Å². The minimum atomic E-state index is 0.0668. The van der Waals surface area contributed by atoms with Gasteiger partial charge in [-0.1, -0.05) is 6.92 Å². The van der Waals surface area contributed by atoms with Gasteiger partial charge >= 0.3 is 0 Å². The van der Waals surface area contributed by atoms with E-state index in [-0.39, 0.29) is 6.04 Å². The van der Waals surface area contributed by atoms with Crippen LogP contribution in [0.5, 0.6) is 0 Å². The molecule has 1 aromatic rings. The van der Waals surface area contributed by atoms with E-state index in [1.54, 1.807) is 7.11 Å². The van der Waals surface area contributed by atoms with Crippen molar-refractivity contribution in [3.05, 3.63) is 18.0 Å². The highest BCUT2D eigenvalue weighted by molar-refractivity contribution is 5.02. The van der Waals surface area contributed by atoms with Crippen LogP contribution in [0.15, 0.2) is 12.3 Å². The molecule has 0 aliphatic carbocycles. The van der Waals surface area contributed by atoms with E-state index in [1.165, 1.54) is 0 Å². The Hall–Kier alpha value is -0.950. The third-order valence-corrected chi connectivity index (χ3v) is 3.15. The summed E-state index contributed by atoms with van der Waals surface area (Å²) in [5.74, 6) is 5.53. The van der Waals surface area contributed by atoms with Crippen molar-refractivity contribution in [1.82, 2.24) is 15.2 Å². The Labute approximate surface area is 115 Å². The van der Waals surface area contributed by atoms with Crippen molar-refractivity contribution in [3.63, 3.8) is 0 Å². The molecule has 0 radical (unpaired) electrons. The largest absolute Gasteiger partial charge is 0.382 e. The molecule has 0 saturated heterocycles. The molecule has 0 aliphatic rings. The van der Waals surface area contributed by atoms with Crippen molar-refractivity contribution in [3.8, 4) is 0 Å². The summed E-state index contributed by atoms with van der Waals surface area (Å²) < 4.78 is 12.4. The SMILES string of the molecule is CCC(C)n1ccc(CC(COCCOC)NN)n1. The second-order valence-corrected chi connectivity index (χ2v) is 4.68. The van der Waals surface area contributed by atoms with Gasteiger partial charge in [0.15, 0.2) is 0 Å². The van der Waals surface area contributed by atoms with Gasteiger partial charge in [-0.25, -0.2) is 0 Å². The Morgan fingerprint density at radius 2 is 2.26 bits per heavy atom. The number of hydrogen-bond donors (Lipinski definition) is 2. The first-order chi connectivity index (χ1) is 9.21. The molecule has 1 aromatic heterocycles. The minimum absolute atomic E-state index is 0.0668. The van der Waals surface area contributed by atoms with Gasteiger partial charge in [-0.05, 0) is 19.4 Å². The lowest BCUT2D eigenvalue weighted by molar-refractivity contribution is 0.0586. The Balaban J connectivity index is 2.40. The van der Waals surface area contributed by atoms with E-state index in [0.29, 0.717) is 25.9 Å². The summed E-state index contributed by atoms with van der Waals surface area (Å²) in [5.41, 5.74) is 3.79. The number of nitrogens with two attached hydrogens (primary N) is 1. The number of hydrazine groups is 1. The summed E-state index contributed by atoms with van der Waals surface area (Å²) in [6.45, 7) is 6.04. The van der Waals surface area contributed by atoms with Gasteiger partial charge in [-0.2, -0.15) is 5.10 Å². The van der Waals surface area contributed by atoms with Crippen LogP contribution < -0.4 is 11.3 Å². The summed E-state index contributed by atoms with van der Waals surface area (Å²) >= 11 is 0. The van der Waals surface area contributed by atoms with E-state index in [1.807, 2.05) is 16.9 Å². The smallest absolute Gasteiger partial charge is 0.0701 e. The monoisotopic (exact) mass is 270 g/mol. The van der Waals surface area contributed by atoms with E-state index in [4.69, 9.17) is 15.3 Å². The average Bonchev–Trinajstić information content (AvgIpc) is 2.89. The lowest BCUT2D eigenvalue weighted by Crippen LogP contribution is -2.40. The summed E-state index contributed by atoms with van der Waals surface area (Å²) in [4.78, 5) is 0. The zero-order valence-electron chi connectivity index (χ0n) is 12.1. The normalized spacial score (nSPS) is 14.5. The molecule has 0 spiro atoms. The van der Waals surface area contributed by atoms with Crippen molar-refractivity contribution < 1.29 is 9.47 Å². The molecule has 6 heteroatoms. The second-order valence-electron chi connectivity index (χ2n) is 4.68. The number of nitrogens with zero attached hydrogens (tertiary/aromatic N) is 2. The van der Waals surface area contributed by atoms with Gasteiger partial charge in [0.2, 0.25) is 0 Å². The maximum atomic E-state index is 5.53. The van der Waals surface area contributed by atoms with E-state index < -0.39 is 0 Å². The van der Waals surface area contributed by atoms with Crippen LogP contribution in [-0.4, -0.2) is 42.8 Å². The first-order valence-electron chi connectivity index (χ1n) is 6.78. The van der Waals surface area contributed by atoms with Gasteiger partial charge in [0, 0.05) is 25.8 Å². The molecule has 2 atom stereocenters. The predicted octanol–water partition coefficient (Wildman–Crippen LogP) is 0.892. The molecule has 110 valence electrons. The maximum Gasteiger partial charge on any atom is 0.0701 e. The van der Waals surface area contributed by atoms with Gasteiger partial charge in [-0.15, -0.1) is 0 Å². The number of ether oxygens (including phenoxy) is 2. The minimum Gasteiger partial charge on any atom is -0.382 e. The standard InChI is InChI=1S/C13H26N4O2/c1-4-11(2)17-6-5-12(16-17)9-13(15-14)10-19-8-7-18-3/h5-6,11,13,15H,4,7-10,14H2,1-3H3. The lowest BCUT2D eigenvalue weighted by atomic mass is 10.2. The van der Waals surface area contributed by atoms with Crippen LogP contribution in [-0.2, 0) is 15.9 Å². The maximum absolute atomic E-state index is 5.53. The Bertz CT molecular complexity index is 343. The van der Waals surface area contributed by atoms with Crippen LogP contribution in [0, 0.1) is 0 Å². The summed E-state index contributed by atoms with van der Waals surface area (Å²) in [7, 11) is 1.66. The number of nitrogens with one attached hydrogen (secondary N) is 1. The number of methoxy groups -OCH3 is 1. The predicted molar refractivity (Wildman–Crippen MR) is 74.7 cm³/mol. The molecular formula is C13H26N4O2. The topological polar surface area (TPSA) is 74.3 Å². The van der Waals surface area contributed by atoms with Crippen molar-refractivity contribution in [2.75, 3.05) is 26.9 Å². The highest BCUT2D eigenvalue weighted by atomic mass is 16.5. The fraction of sp³-hybridized carbons (Fsp3) is 0.769. The molecule has 0 aliphatic heterocycles. The van der Waals surface area contributed by atoms with Crippen LogP contribution in [0.25, 0.3) is 0 Å². The molecule has 3 N–H and O–H groups in total.